The molecule has 0 amide bonds. The zero-order valence-corrected chi connectivity index (χ0v) is 8.79. The van der Waals surface area contributed by atoms with Gasteiger partial charge in [0.15, 0.2) is 0 Å². The van der Waals surface area contributed by atoms with Gasteiger partial charge in [0.05, 0.1) is 6.42 Å². The molecule has 0 bridgehead atoms. The minimum Gasteiger partial charge on any atom is -0.481 e. The van der Waals surface area contributed by atoms with Gasteiger partial charge >= 0.3 is 11.9 Å². The number of carboxylic acid groups (broad SMARTS) is 1. The molecule has 59 valence electrons. The Bertz CT molecular complexity index is 155. The third-order valence-electron chi connectivity index (χ3n) is 0.727. The van der Waals surface area contributed by atoms with Crippen LogP contribution in [0.25, 0.3) is 0 Å². The third kappa shape index (κ3) is 9.78. The molecular formula is C6H8O4Y. The maximum Gasteiger partial charge on any atom is 0.330 e. The van der Waals surface area contributed by atoms with Crippen molar-refractivity contribution in [2.45, 2.75) is 6.42 Å². The van der Waals surface area contributed by atoms with Gasteiger partial charge in [0.2, 0.25) is 0 Å². The van der Waals surface area contributed by atoms with E-state index in [1.165, 1.54) is 0 Å². The molecule has 0 saturated heterocycles. The van der Waals surface area contributed by atoms with Crippen molar-refractivity contribution in [2.24, 2.45) is 0 Å². The zero-order valence-electron chi connectivity index (χ0n) is 5.95. The summed E-state index contributed by atoms with van der Waals surface area (Å²) in [4.78, 5) is 20.1. The van der Waals surface area contributed by atoms with Crippen LogP contribution >= 0.6 is 0 Å². The molecule has 0 aliphatic carbocycles. The van der Waals surface area contributed by atoms with Gasteiger partial charge in [-0.15, -0.1) is 0 Å². The molecule has 0 aromatic heterocycles. The predicted octanol–water partition coefficient (Wildman–Crippen LogP) is 0.188. The van der Waals surface area contributed by atoms with Crippen LogP contribution in [0, 0.1) is 0 Å². The van der Waals surface area contributed by atoms with Crippen molar-refractivity contribution in [1.29, 1.82) is 0 Å². The zero-order chi connectivity index (χ0) is 7.98. The van der Waals surface area contributed by atoms with Crippen molar-refractivity contribution in [1.82, 2.24) is 0 Å². The molecule has 0 aliphatic rings. The smallest absolute Gasteiger partial charge is 0.330 e. The summed E-state index contributed by atoms with van der Waals surface area (Å²) in [6.45, 7) is 3.04. The predicted molar refractivity (Wildman–Crippen MR) is 33.4 cm³/mol. The number of aliphatic carboxylic acids is 1. The van der Waals surface area contributed by atoms with Crippen molar-refractivity contribution >= 4 is 11.9 Å². The van der Waals surface area contributed by atoms with Crippen LogP contribution in [0.15, 0.2) is 12.7 Å². The Balaban J connectivity index is 0. The second-order valence-corrected chi connectivity index (χ2v) is 1.52. The Kier molecular flexibility index (Phi) is 9.59. The molecule has 0 fully saturated rings. The van der Waals surface area contributed by atoms with Gasteiger partial charge in [-0.1, -0.05) is 6.58 Å². The number of carboxylic acids is 1. The number of carbonyl (C=O) groups excluding carboxylic acids is 1. The summed E-state index contributed by atoms with van der Waals surface area (Å²) < 4.78 is 4.36. The molecular weight excluding hydrogens is 225 g/mol. The Morgan fingerprint density at radius 1 is 1.55 bits per heavy atom. The first-order chi connectivity index (χ1) is 4.66. The number of carbonyl (C=O) groups is 2. The van der Waals surface area contributed by atoms with Gasteiger partial charge in [0.25, 0.3) is 0 Å². The Morgan fingerprint density at radius 2 is 2.09 bits per heavy atom. The molecule has 0 spiro atoms. The number of hydrogen-bond donors (Lipinski definition) is 1. The summed E-state index contributed by atoms with van der Waals surface area (Å²) in [5.74, 6) is -1.59. The second kappa shape index (κ2) is 7.89. The van der Waals surface area contributed by atoms with Crippen LogP contribution in [0.4, 0.5) is 0 Å². The largest absolute Gasteiger partial charge is 0.481 e. The van der Waals surface area contributed by atoms with E-state index in [1.807, 2.05) is 0 Å². The average Bonchev–Trinajstić information content (AvgIpc) is 1.87. The minimum absolute atomic E-state index is 0. The van der Waals surface area contributed by atoms with E-state index < -0.39 is 11.9 Å². The first-order valence-electron chi connectivity index (χ1n) is 2.68. The summed E-state index contributed by atoms with van der Waals surface area (Å²) in [5, 5.41) is 8.08. The molecule has 4 nitrogen and oxygen atoms in total. The van der Waals surface area contributed by atoms with Crippen LogP contribution in [0.3, 0.4) is 0 Å². The van der Waals surface area contributed by atoms with Crippen molar-refractivity contribution in [3.63, 3.8) is 0 Å². The average molecular weight is 233 g/mol. The van der Waals surface area contributed by atoms with Crippen molar-refractivity contribution in [3.8, 4) is 0 Å². The van der Waals surface area contributed by atoms with E-state index in [9.17, 15) is 9.59 Å². The standard InChI is InChI=1S/C6H8O4.Y/c1-2-6(9)10-4-3-5(7)8;/h2H,1,3-4H2,(H,7,8);. The van der Waals surface area contributed by atoms with E-state index >= 15 is 0 Å². The molecule has 1 N–H and O–H groups in total. The van der Waals surface area contributed by atoms with E-state index in [4.69, 9.17) is 5.11 Å². The SMILES string of the molecule is C=CC(=O)OCCC(=O)O.[Y]. The summed E-state index contributed by atoms with van der Waals surface area (Å²) in [5.41, 5.74) is 0. The molecule has 0 aliphatic heterocycles. The quantitative estimate of drug-likeness (QED) is 0.556. The summed E-state index contributed by atoms with van der Waals surface area (Å²) >= 11 is 0. The summed E-state index contributed by atoms with van der Waals surface area (Å²) in [6, 6.07) is 0. The van der Waals surface area contributed by atoms with Gasteiger partial charge in [-0.05, 0) is 0 Å². The number of esters is 1. The topological polar surface area (TPSA) is 63.6 Å². The molecule has 0 heterocycles. The van der Waals surface area contributed by atoms with Gasteiger partial charge in [-0.2, -0.15) is 0 Å². The van der Waals surface area contributed by atoms with Crippen molar-refractivity contribution in [3.05, 3.63) is 12.7 Å². The van der Waals surface area contributed by atoms with Crippen LogP contribution in [0.2, 0.25) is 0 Å². The first-order valence-corrected chi connectivity index (χ1v) is 2.68. The molecule has 0 atom stereocenters. The number of ether oxygens (including phenoxy) is 1. The fourth-order valence-electron chi connectivity index (χ4n) is 0.298. The van der Waals surface area contributed by atoms with E-state index in [2.05, 4.69) is 11.3 Å². The third-order valence-corrected chi connectivity index (χ3v) is 0.727. The molecule has 0 rings (SSSR count). The Labute approximate surface area is 89.5 Å². The van der Waals surface area contributed by atoms with Crippen molar-refractivity contribution < 1.29 is 52.1 Å². The fourth-order valence-corrected chi connectivity index (χ4v) is 0.298. The van der Waals surface area contributed by atoms with E-state index in [0.717, 1.165) is 6.08 Å². The maximum atomic E-state index is 10.3. The second-order valence-electron chi connectivity index (χ2n) is 1.52. The molecule has 11 heavy (non-hydrogen) atoms. The molecule has 1 radical (unpaired) electrons. The van der Waals surface area contributed by atoms with Crippen LogP contribution in [-0.4, -0.2) is 23.7 Å². The molecule has 0 saturated carbocycles. The minimum atomic E-state index is -0.989. The van der Waals surface area contributed by atoms with Crippen LogP contribution < -0.4 is 0 Å². The number of rotatable bonds is 4. The fraction of sp³-hybridized carbons (Fsp3) is 0.333. The van der Waals surface area contributed by atoms with Crippen molar-refractivity contribution in [2.75, 3.05) is 6.61 Å². The van der Waals surface area contributed by atoms with Gasteiger partial charge in [-0.3, -0.25) is 4.79 Å². The molecule has 0 unspecified atom stereocenters. The van der Waals surface area contributed by atoms with Crippen LogP contribution in [-0.2, 0) is 47.0 Å². The molecule has 5 heteroatoms. The van der Waals surface area contributed by atoms with Gasteiger partial charge in [0.1, 0.15) is 6.61 Å². The van der Waals surface area contributed by atoms with Crippen LogP contribution in [0.1, 0.15) is 6.42 Å². The first kappa shape index (κ1) is 13.4. The number of hydrogen-bond acceptors (Lipinski definition) is 3. The van der Waals surface area contributed by atoms with Crippen LogP contribution in [0.5, 0.6) is 0 Å². The Morgan fingerprint density at radius 3 is 2.45 bits per heavy atom. The molecule has 0 aromatic rings. The van der Waals surface area contributed by atoms with Gasteiger partial charge < -0.3 is 9.84 Å². The van der Waals surface area contributed by atoms with E-state index in [1.54, 1.807) is 0 Å². The monoisotopic (exact) mass is 233 g/mol. The van der Waals surface area contributed by atoms with E-state index in [-0.39, 0.29) is 45.7 Å². The maximum absolute atomic E-state index is 10.3. The van der Waals surface area contributed by atoms with E-state index in [0.29, 0.717) is 0 Å². The summed E-state index contributed by atoms with van der Waals surface area (Å²) in [6.07, 6.45) is 0.821. The summed E-state index contributed by atoms with van der Waals surface area (Å²) in [7, 11) is 0. The normalized spacial score (nSPS) is 7.64. The van der Waals surface area contributed by atoms with Gasteiger partial charge in [-0.25, -0.2) is 4.79 Å². The molecule has 0 aromatic carbocycles. The van der Waals surface area contributed by atoms with Gasteiger partial charge in [0, 0.05) is 38.8 Å². The Hall–Kier alpha value is -0.216.